The second-order valence-corrected chi connectivity index (χ2v) is 16.7. The van der Waals surface area contributed by atoms with E-state index in [2.05, 4.69) is 144 Å². The van der Waals surface area contributed by atoms with Crippen LogP contribution in [-0.2, 0) is 5.41 Å². The van der Waals surface area contributed by atoms with Crippen LogP contribution >= 0.6 is 0 Å². The fraction of sp³-hybridized carbons (Fsp3) is 0.0545. The van der Waals surface area contributed by atoms with Crippen LogP contribution in [0.3, 0.4) is 0 Å². The van der Waals surface area contributed by atoms with Crippen LogP contribution in [0.2, 0.25) is 10.2 Å². The van der Waals surface area contributed by atoms with Crippen LogP contribution in [0.15, 0.2) is 205 Å². The Morgan fingerprint density at radius 1 is 0.381 bits per heavy atom. The summed E-state index contributed by atoms with van der Waals surface area (Å²) >= 11 is 0. The van der Waals surface area contributed by atoms with Gasteiger partial charge >= 0.3 is 0 Å². The highest BCUT2D eigenvalue weighted by Gasteiger charge is 2.56. The van der Waals surface area contributed by atoms with Gasteiger partial charge in [-0.1, -0.05) is 152 Å². The van der Waals surface area contributed by atoms with Crippen LogP contribution in [0.1, 0.15) is 11.1 Å². The quantitative estimate of drug-likeness (QED) is 0.143. The van der Waals surface area contributed by atoms with Crippen molar-refractivity contribution in [3.63, 3.8) is 0 Å². The van der Waals surface area contributed by atoms with Crippen LogP contribution in [0, 0.1) is 0 Å². The number of para-hydroxylation sites is 2. The predicted molar refractivity (Wildman–Crippen MR) is 268 cm³/mol. The van der Waals surface area contributed by atoms with E-state index in [1.807, 2.05) is 60.7 Å². The van der Waals surface area contributed by atoms with Crippen molar-refractivity contribution in [1.29, 1.82) is 0 Å². The van der Waals surface area contributed by atoms with Crippen LogP contribution in [0.25, 0.3) is 77.2 Å². The first-order valence-corrected chi connectivity index (χ1v) is 21.0. The van der Waals surface area contributed by atoms with Gasteiger partial charge in [0.25, 0.3) is 0 Å². The molecule has 10 aromatic rings. The molecule has 0 fully saturated rings. The molecule has 1 aliphatic carbocycles. The van der Waals surface area contributed by atoms with Crippen molar-refractivity contribution in [2.75, 3.05) is 4.90 Å². The zero-order valence-corrected chi connectivity index (χ0v) is 34.4. The number of hydrogen-bond donors (Lipinski definition) is 0. The first-order chi connectivity index (χ1) is 30.5. The molecule has 0 amide bonds. The Hall–Kier alpha value is -6.77. The Bertz CT molecular complexity index is 3370. The summed E-state index contributed by atoms with van der Waals surface area (Å²) in [5.74, 6) is 0. The SMILES string of the molecule is [B]C([B])([B])C1(C([B])([B])[B])c2ccccc2-c2cccc(-c3ccc(N(c4ccc(-c5cccc6c5oc5ccccc56)cc4)c4cccc(-c5ccc6ccccc6c5)c4)cc3)c21. The maximum atomic E-state index is 6.71. The third kappa shape index (κ3) is 6.17. The third-order valence-electron chi connectivity index (χ3n) is 12.8. The largest absolute Gasteiger partial charge is 0.455 e. The molecule has 282 valence electrons. The molecule has 12 radical (unpaired) electrons. The highest BCUT2D eigenvalue weighted by atomic mass is 16.3. The van der Waals surface area contributed by atoms with Crippen molar-refractivity contribution in [2.24, 2.45) is 0 Å². The van der Waals surface area contributed by atoms with E-state index in [1.54, 1.807) is 0 Å². The highest BCUT2D eigenvalue weighted by Crippen LogP contribution is 2.66. The lowest BCUT2D eigenvalue weighted by atomic mass is 9.18. The van der Waals surface area contributed by atoms with E-state index in [4.69, 9.17) is 51.5 Å². The van der Waals surface area contributed by atoms with Crippen LogP contribution < -0.4 is 4.90 Å². The number of benzene rings is 9. The van der Waals surface area contributed by atoms with Gasteiger partial charge in [-0.15, -0.1) is 10.2 Å². The molecule has 0 unspecified atom stereocenters. The van der Waals surface area contributed by atoms with Crippen molar-refractivity contribution in [2.45, 2.75) is 15.6 Å². The van der Waals surface area contributed by atoms with Crippen LogP contribution in [0.5, 0.6) is 0 Å². The zero-order chi connectivity index (χ0) is 43.1. The lowest BCUT2D eigenvalue weighted by Crippen LogP contribution is -2.52. The zero-order valence-electron chi connectivity index (χ0n) is 34.4. The van der Waals surface area contributed by atoms with E-state index in [1.165, 1.54) is 10.8 Å². The number of hydrogen-bond acceptors (Lipinski definition) is 2. The van der Waals surface area contributed by atoms with Gasteiger partial charge in [-0.25, -0.2) is 0 Å². The first kappa shape index (κ1) is 39.1. The lowest BCUT2D eigenvalue weighted by molar-refractivity contribution is 0.534. The van der Waals surface area contributed by atoms with Crippen molar-refractivity contribution in [3.05, 3.63) is 211 Å². The Kier molecular flexibility index (Phi) is 9.10. The second-order valence-electron chi connectivity index (χ2n) is 16.7. The summed E-state index contributed by atoms with van der Waals surface area (Å²) in [7, 11) is 40.3. The fourth-order valence-corrected chi connectivity index (χ4v) is 10.1. The van der Waals surface area contributed by atoms with E-state index in [0.29, 0.717) is 11.1 Å². The van der Waals surface area contributed by atoms with E-state index in [0.717, 1.165) is 83.5 Å². The summed E-state index contributed by atoms with van der Waals surface area (Å²) in [6.07, 6.45) is 0. The molecule has 0 saturated heterocycles. The molecule has 63 heavy (non-hydrogen) atoms. The van der Waals surface area contributed by atoms with Gasteiger partial charge in [-0.2, -0.15) is 0 Å². The topological polar surface area (TPSA) is 16.4 Å². The number of fused-ring (bicyclic) bond motifs is 7. The maximum Gasteiger partial charge on any atom is 0.143 e. The molecule has 0 aliphatic heterocycles. The van der Waals surface area contributed by atoms with Gasteiger partial charge in [0.2, 0.25) is 0 Å². The Labute approximate surface area is 375 Å². The normalized spacial score (nSPS) is 13.3. The Morgan fingerprint density at radius 2 is 0.921 bits per heavy atom. The van der Waals surface area contributed by atoms with E-state index in [-0.39, 0.29) is 0 Å². The van der Waals surface area contributed by atoms with Crippen molar-refractivity contribution < 1.29 is 4.42 Å². The van der Waals surface area contributed by atoms with Crippen molar-refractivity contribution >= 4 is 96.9 Å². The van der Waals surface area contributed by atoms with E-state index < -0.39 is 15.6 Å². The third-order valence-corrected chi connectivity index (χ3v) is 12.8. The molecular weight excluding hydrogens is 755 g/mol. The summed E-state index contributed by atoms with van der Waals surface area (Å²) in [6.45, 7) is 0. The van der Waals surface area contributed by atoms with Gasteiger partial charge < -0.3 is 9.32 Å². The standard InChI is InChI=1S/C55H33B6NO/c56-54(57,58)53(55(59,60)61)49-20-5-3-14-45(49)47-18-8-16-43(51(47)53)35-24-28-40(29-25-35)62(42-13-7-12-38(33-42)39-23-22-34-10-1-2-11-37(34)32-39)41-30-26-36(27-31-41)44-17-9-19-48-46-15-4-6-21-50(46)63-52(44)48/h1-33H. The van der Waals surface area contributed by atoms with Gasteiger partial charge in [-0.3, -0.25) is 0 Å². The number of furan rings is 1. The summed E-state index contributed by atoms with van der Waals surface area (Å²) < 4.78 is 6.43. The summed E-state index contributed by atoms with van der Waals surface area (Å²) in [6, 6.07) is 69.0. The van der Waals surface area contributed by atoms with Crippen LogP contribution in [0.4, 0.5) is 17.1 Å². The minimum Gasteiger partial charge on any atom is -0.455 e. The van der Waals surface area contributed by atoms with Gasteiger partial charge in [0.15, 0.2) is 0 Å². The summed E-state index contributed by atoms with van der Waals surface area (Å²) in [4.78, 5) is 2.27. The van der Waals surface area contributed by atoms with Crippen molar-refractivity contribution in [1.82, 2.24) is 0 Å². The number of nitrogens with zero attached hydrogens (tertiary/aromatic N) is 1. The molecule has 0 atom stereocenters. The maximum absolute atomic E-state index is 6.71. The van der Waals surface area contributed by atoms with Gasteiger partial charge in [-0.05, 0) is 115 Å². The van der Waals surface area contributed by atoms with Gasteiger partial charge in [0, 0.05) is 33.4 Å². The molecular formula is C55H33B6NO. The number of anilines is 3. The smallest absolute Gasteiger partial charge is 0.143 e. The minimum absolute atomic E-state index is 0.682. The molecule has 0 saturated carbocycles. The lowest BCUT2D eigenvalue weighted by Gasteiger charge is -2.56. The monoisotopic (exact) mass is 789 g/mol. The predicted octanol–water partition coefficient (Wildman–Crippen LogP) is 12.6. The average molecular weight is 789 g/mol. The minimum atomic E-state index is -1.93. The molecule has 0 spiro atoms. The fourth-order valence-electron chi connectivity index (χ4n) is 10.1. The van der Waals surface area contributed by atoms with Gasteiger partial charge in [0.05, 0.1) is 47.1 Å². The highest BCUT2D eigenvalue weighted by molar-refractivity contribution is 6.66. The Balaban J connectivity index is 1.04. The molecule has 1 heterocycles. The molecule has 1 aromatic heterocycles. The second kappa shape index (κ2) is 14.7. The van der Waals surface area contributed by atoms with Crippen LogP contribution in [-0.4, -0.2) is 47.1 Å². The molecule has 0 bridgehead atoms. The molecule has 8 heteroatoms. The average Bonchev–Trinajstić information content (AvgIpc) is 3.84. The molecule has 2 nitrogen and oxygen atoms in total. The van der Waals surface area contributed by atoms with Crippen molar-refractivity contribution in [3.8, 4) is 44.5 Å². The number of rotatable bonds is 8. The summed E-state index contributed by atoms with van der Waals surface area (Å²) in [5, 5.41) is 0.719. The van der Waals surface area contributed by atoms with E-state index in [9.17, 15) is 0 Å². The van der Waals surface area contributed by atoms with Gasteiger partial charge in [0.1, 0.15) is 11.2 Å². The molecule has 0 N–H and O–H groups in total. The Morgan fingerprint density at radius 3 is 1.67 bits per heavy atom. The molecule has 9 aromatic carbocycles. The summed E-state index contributed by atoms with van der Waals surface area (Å²) in [5.41, 5.74) is 12.3. The van der Waals surface area contributed by atoms with E-state index >= 15 is 0 Å². The molecule has 11 rings (SSSR count). The molecule has 1 aliphatic rings. The first-order valence-electron chi connectivity index (χ1n) is 21.0.